The molecule has 0 aromatic heterocycles. The first-order valence-electron chi connectivity index (χ1n) is 12.6. The van der Waals surface area contributed by atoms with Gasteiger partial charge in [-0.1, -0.05) is 104 Å². The van der Waals surface area contributed by atoms with Crippen molar-refractivity contribution >= 4 is 5.97 Å². The second kappa shape index (κ2) is 26.5. The van der Waals surface area contributed by atoms with E-state index in [0.29, 0.717) is 0 Å². The molecule has 0 aromatic carbocycles. The Hall–Kier alpha value is 0.430. The molecule has 0 spiro atoms. The average molecular weight is 420 g/mol. The molecule has 0 heterocycles. The molecule has 0 aromatic rings. The zero-order valence-corrected chi connectivity index (χ0v) is 22.3. The van der Waals surface area contributed by atoms with Gasteiger partial charge in [-0.25, -0.2) is 0 Å². The van der Waals surface area contributed by atoms with E-state index >= 15 is 0 Å². The number of nitrogens with zero attached hydrogens (tertiary/aromatic N) is 1. The molecule has 0 rings (SSSR count). The van der Waals surface area contributed by atoms with Gasteiger partial charge in [-0.3, -0.25) is 0 Å². The summed E-state index contributed by atoms with van der Waals surface area (Å²) in [7, 11) is 0. The number of carboxylic acid groups (broad SMARTS) is 1. The molecular weight excluding hydrogens is 369 g/mol. The van der Waals surface area contributed by atoms with Crippen LogP contribution in [0.2, 0.25) is 0 Å². The normalized spacial score (nSPS) is 11.0. The first-order valence-corrected chi connectivity index (χ1v) is 12.6. The fraction of sp³-hybridized carbons (Fsp3) is 0.960. The van der Waals surface area contributed by atoms with Crippen molar-refractivity contribution in [2.24, 2.45) is 0 Å². The summed E-state index contributed by atoms with van der Waals surface area (Å²) in [5.74, 6) is -0.903. The van der Waals surface area contributed by atoms with Crippen molar-refractivity contribution < 1.29 is 39.5 Å². The smallest absolute Gasteiger partial charge is 0.550 e. The minimum absolute atomic E-state index is 0. The predicted octanol–water partition coefficient (Wildman–Crippen LogP) is 3.49. The third-order valence-corrected chi connectivity index (χ3v) is 5.76. The monoisotopic (exact) mass is 419 g/mol. The molecule has 29 heavy (non-hydrogen) atoms. The molecule has 0 radical (unpaired) electrons. The number of hydrogen-bond acceptors (Lipinski definition) is 3. The molecule has 0 amide bonds. The third kappa shape index (κ3) is 26.4. The van der Waals surface area contributed by atoms with Gasteiger partial charge in [0.15, 0.2) is 0 Å². The van der Waals surface area contributed by atoms with Crippen molar-refractivity contribution in [3.8, 4) is 0 Å². The van der Waals surface area contributed by atoms with E-state index in [1.165, 1.54) is 122 Å². The van der Waals surface area contributed by atoms with Crippen LogP contribution < -0.4 is 34.7 Å². The Balaban J connectivity index is 0. The Bertz CT molecular complexity index is 310. The number of carboxylic acids is 1. The maximum Gasteiger partial charge on any atom is 1.00 e. The average Bonchev–Trinajstić information content (AvgIpc) is 2.68. The van der Waals surface area contributed by atoms with Crippen LogP contribution in [0.15, 0.2) is 0 Å². The van der Waals surface area contributed by atoms with E-state index in [4.69, 9.17) is 0 Å². The summed E-state index contributed by atoms with van der Waals surface area (Å²) in [4.78, 5) is 13.1. The first-order chi connectivity index (χ1) is 13.7. The van der Waals surface area contributed by atoms with E-state index in [9.17, 15) is 9.90 Å². The van der Waals surface area contributed by atoms with Gasteiger partial charge in [0, 0.05) is 5.97 Å². The van der Waals surface area contributed by atoms with Crippen molar-refractivity contribution in [3.63, 3.8) is 0 Å². The van der Waals surface area contributed by atoms with Crippen molar-refractivity contribution in [1.29, 1.82) is 0 Å². The van der Waals surface area contributed by atoms with Gasteiger partial charge in [-0.15, -0.1) is 0 Å². The molecule has 0 aliphatic rings. The van der Waals surface area contributed by atoms with E-state index < -0.39 is 5.97 Å². The van der Waals surface area contributed by atoms with Gasteiger partial charge in [-0.2, -0.15) is 0 Å². The van der Waals surface area contributed by atoms with Gasteiger partial charge in [0.25, 0.3) is 0 Å². The second-order valence-electron chi connectivity index (χ2n) is 8.62. The van der Waals surface area contributed by atoms with Gasteiger partial charge in [0.1, 0.15) is 0 Å². The third-order valence-electron chi connectivity index (χ3n) is 5.76. The number of rotatable bonds is 23. The standard InChI is InChI=1S/C25H51NO2.Na/c1-3-5-7-9-14-18-22-26(23-19-15-10-8-6-4-2)24-20-16-12-11-13-17-21-25(27)28;/h3-24H2,1-2H3,(H,27,28);/q;+1/p-1. The van der Waals surface area contributed by atoms with Crippen molar-refractivity contribution in [2.45, 2.75) is 136 Å². The summed E-state index contributed by atoms with van der Waals surface area (Å²) < 4.78 is 0. The number of carbonyl (C=O) groups is 1. The Kier molecular flexibility index (Phi) is 28.9. The van der Waals surface area contributed by atoms with Gasteiger partial charge < -0.3 is 14.8 Å². The first kappa shape index (κ1) is 31.6. The van der Waals surface area contributed by atoms with E-state index in [-0.39, 0.29) is 36.0 Å². The maximum atomic E-state index is 10.4. The van der Waals surface area contributed by atoms with Crippen LogP contribution >= 0.6 is 0 Å². The number of carbonyl (C=O) groups excluding carboxylic acids is 1. The van der Waals surface area contributed by atoms with E-state index in [1.54, 1.807) is 0 Å². The van der Waals surface area contributed by atoms with E-state index in [0.717, 1.165) is 12.8 Å². The summed E-state index contributed by atoms with van der Waals surface area (Å²) >= 11 is 0. The zero-order valence-electron chi connectivity index (χ0n) is 20.3. The summed E-state index contributed by atoms with van der Waals surface area (Å²) in [6.45, 7) is 8.39. The number of hydrogen-bond donors (Lipinski definition) is 0. The van der Waals surface area contributed by atoms with E-state index in [1.807, 2.05) is 0 Å². The quantitative estimate of drug-likeness (QED) is 0.188. The minimum Gasteiger partial charge on any atom is -0.550 e. The van der Waals surface area contributed by atoms with Crippen LogP contribution in [0.25, 0.3) is 0 Å². The molecule has 0 aliphatic carbocycles. The largest absolute Gasteiger partial charge is 1.00 e. The minimum atomic E-state index is -0.903. The van der Waals surface area contributed by atoms with Gasteiger partial charge >= 0.3 is 29.6 Å². The van der Waals surface area contributed by atoms with Crippen molar-refractivity contribution in [1.82, 2.24) is 4.90 Å². The number of aliphatic carboxylic acids is 1. The van der Waals surface area contributed by atoms with Crippen LogP contribution in [0.5, 0.6) is 0 Å². The van der Waals surface area contributed by atoms with Crippen LogP contribution in [0.4, 0.5) is 0 Å². The molecule has 0 atom stereocenters. The van der Waals surface area contributed by atoms with Crippen LogP contribution in [-0.2, 0) is 4.79 Å². The molecule has 0 N–H and O–H groups in total. The zero-order chi connectivity index (χ0) is 20.7. The SMILES string of the molecule is CCCCCCCCN(CCCCCCCC)CCCCCCCCC(=O)[O-].[Na+]. The van der Waals surface area contributed by atoms with Crippen LogP contribution in [-0.4, -0.2) is 30.5 Å². The van der Waals surface area contributed by atoms with Crippen LogP contribution in [0, 0.1) is 0 Å². The van der Waals surface area contributed by atoms with Crippen LogP contribution in [0.1, 0.15) is 136 Å². The molecule has 0 aliphatic heterocycles. The molecule has 0 saturated heterocycles. The summed E-state index contributed by atoms with van der Waals surface area (Å²) in [6, 6.07) is 0. The fourth-order valence-electron chi connectivity index (χ4n) is 3.88. The molecule has 4 heteroatoms. The van der Waals surface area contributed by atoms with E-state index in [2.05, 4.69) is 18.7 Å². The maximum absolute atomic E-state index is 10.4. The molecule has 0 saturated carbocycles. The molecule has 0 fully saturated rings. The Morgan fingerprint density at radius 1 is 0.552 bits per heavy atom. The molecule has 0 unspecified atom stereocenters. The summed E-state index contributed by atoms with van der Waals surface area (Å²) in [5.41, 5.74) is 0. The Labute approximate surface area is 205 Å². The predicted molar refractivity (Wildman–Crippen MR) is 121 cm³/mol. The fourth-order valence-corrected chi connectivity index (χ4v) is 3.88. The molecule has 168 valence electrons. The van der Waals surface area contributed by atoms with Crippen molar-refractivity contribution in [2.75, 3.05) is 19.6 Å². The van der Waals surface area contributed by atoms with Crippen LogP contribution in [0.3, 0.4) is 0 Å². The molecular formula is C25H50NNaO2. The van der Waals surface area contributed by atoms with Crippen molar-refractivity contribution in [3.05, 3.63) is 0 Å². The Morgan fingerprint density at radius 3 is 1.21 bits per heavy atom. The topological polar surface area (TPSA) is 43.4 Å². The van der Waals surface area contributed by atoms with Gasteiger partial charge in [0.05, 0.1) is 0 Å². The molecule has 0 bridgehead atoms. The summed E-state index contributed by atoms with van der Waals surface area (Å²) in [6.07, 6.45) is 23.6. The Morgan fingerprint density at radius 2 is 0.862 bits per heavy atom. The molecule has 3 nitrogen and oxygen atoms in total. The number of unbranched alkanes of at least 4 members (excludes halogenated alkanes) is 15. The second-order valence-corrected chi connectivity index (χ2v) is 8.62. The van der Waals surface area contributed by atoms with Gasteiger partial charge in [0.2, 0.25) is 0 Å². The van der Waals surface area contributed by atoms with Gasteiger partial charge in [-0.05, 0) is 51.7 Å². The summed E-state index contributed by atoms with van der Waals surface area (Å²) in [5, 5.41) is 10.4.